The van der Waals surface area contributed by atoms with E-state index in [2.05, 4.69) is 9.47 Å². The lowest BCUT2D eigenvalue weighted by atomic mass is 10.1. The number of nitrogens with zero attached hydrogens (tertiary/aromatic N) is 5. The summed E-state index contributed by atoms with van der Waals surface area (Å²) in [4.78, 5) is 46.0. The molecule has 0 atom stereocenters. The Hall–Kier alpha value is -4.50. The van der Waals surface area contributed by atoms with Crippen LogP contribution in [0.1, 0.15) is 21.7 Å². The highest BCUT2D eigenvalue weighted by Crippen LogP contribution is 2.18. The van der Waals surface area contributed by atoms with Gasteiger partial charge in [-0.05, 0) is 56.1 Å². The summed E-state index contributed by atoms with van der Waals surface area (Å²) in [5.41, 5.74) is 2.76. The third-order valence-corrected chi connectivity index (χ3v) is 6.65. The van der Waals surface area contributed by atoms with E-state index in [9.17, 15) is 14.4 Å². The minimum Gasteiger partial charge on any atom is -0.465 e. The molecule has 5 rings (SSSR count). The first kappa shape index (κ1) is 25.2. The van der Waals surface area contributed by atoms with E-state index < -0.39 is 11.7 Å². The van der Waals surface area contributed by atoms with Gasteiger partial charge in [0.15, 0.2) is 0 Å². The number of para-hydroxylation sites is 3. The van der Waals surface area contributed by atoms with E-state index in [0.29, 0.717) is 23.0 Å². The monoisotopic (exact) mass is 511 g/mol. The molecule has 0 fully saturated rings. The highest BCUT2D eigenvalue weighted by atomic mass is 16.5. The van der Waals surface area contributed by atoms with Crippen LogP contribution in [0, 0.1) is 0 Å². The second-order valence-corrected chi connectivity index (χ2v) is 9.44. The van der Waals surface area contributed by atoms with Gasteiger partial charge in [0.1, 0.15) is 5.82 Å². The molecule has 0 aliphatic rings. The number of esters is 1. The van der Waals surface area contributed by atoms with Gasteiger partial charge in [-0.25, -0.2) is 14.6 Å². The number of imidazole rings is 1. The first-order valence-electron chi connectivity index (χ1n) is 12.4. The fourth-order valence-electron chi connectivity index (χ4n) is 4.65. The zero-order chi connectivity index (χ0) is 26.8. The van der Waals surface area contributed by atoms with Crippen LogP contribution in [-0.2, 0) is 24.4 Å². The van der Waals surface area contributed by atoms with Gasteiger partial charge in [0.2, 0.25) is 0 Å². The van der Waals surface area contributed by atoms with Gasteiger partial charge in [-0.1, -0.05) is 36.4 Å². The summed E-state index contributed by atoms with van der Waals surface area (Å²) < 4.78 is 9.75. The van der Waals surface area contributed by atoms with Crippen LogP contribution < -0.4 is 11.2 Å². The van der Waals surface area contributed by atoms with Gasteiger partial charge < -0.3 is 14.2 Å². The topological polar surface area (TPSA) is 91.4 Å². The molecule has 0 spiro atoms. The molecule has 0 unspecified atom stereocenters. The first-order chi connectivity index (χ1) is 18.4. The molecule has 0 aliphatic carbocycles. The first-order valence-corrected chi connectivity index (χ1v) is 12.4. The molecule has 0 amide bonds. The maximum atomic E-state index is 13.8. The highest BCUT2D eigenvalue weighted by molar-refractivity contribution is 5.89. The normalized spacial score (nSPS) is 11.5. The molecule has 2 heterocycles. The standard InChI is InChI=1S/C29H29N5O4/c1-31(2)16-17-32-25-11-7-5-9-23(25)30-26(32)19-33-24-10-6-4-8-22(24)27(35)34(29(33)37)18-20-12-14-21(15-13-20)28(36)38-3/h4-15H,16-19H2,1-3H3. The van der Waals surface area contributed by atoms with Crippen LogP contribution in [0.15, 0.2) is 82.4 Å². The number of methoxy groups -OCH3 is 1. The number of ether oxygens (including phenoxy) is 1. The predicted molar refractivity (Wildman–Crippen MR) is 147 cm³/mol. The van der Waals surface area contributed by atoms with Crippen LogP contribution in [0.5, 0.6) is 0 Å². The van der Waals surface area contributed by atoms with Gasteiger partial charge in [-0.15, -0.1) is 0 Å². The molecule has 2 aromatic heterocycles. The second-order valence-electron chi connectivity index (χ2n) is 9.44. The summed E-state index contributed by atoms with van der Waals surface area (Å²) in [7, 11) is 5.36. The minimum atomic E-state index is -0.445. The predicted octanol–water partition coefficient (Wildman–Crippen LogP) is 2.96. The van der Waals surface area contributed by atoms with Crippen LogP contribution in [-0.4, -0.2) is 57.3 Å². The molecular formula is C29H29N5O4. The molecule has 0 saturated carbocycles. The van der Waals surface area contributed by atoms with Crippen molar-refractivity contribution in [2.45, 2.75) is 19.6 Å². The lowest BCUT2D eigenvalue weighted by molar-refractivity contribution is 0.0600. The Bertz CT molecular complexity index is 1750. The number of benzene rings is 3. The van der Waals surface area contributed by atoms with Gasteiger partial charge in [-0.2, -0.15) is 0 Å². The molecule has 5 aromatic rings. The summed E-state index contributed by atoms with van der Waals surface area (Å²) in [6, 6.07) is 21.7. The van der Waals surface area contributed by atoms with Crippen molar-refractivity contribution in [3.63, 3.8) is 0 Å². The highest BCUT2D eigenvalue weighted by Gasteiger charge is 2.17. The van der Waals surface area contributed by atoms with Crippen molar-refractivity contribution in [3.8, 4) is 0 Å². The van der Waals surface area contributed by atoms with Gasteiger partial charge in [-0.3, -0.25) is 13.9 Å². The number of fused-ring (bicyclic) bond motifs is 2. The molecule has 0 saturated heterocycles. The number of rotatable bonds is 8. The SMILES string of the molecule is COC(=O)c1ccc(Cn2c(=O)c3ccccc3n(Cc3nc4ccccc4n3CCN(C)C)c2=O)cc1. The number of hydrogen-bond acceptors (Lipinski definition) is 6. The number of hydrogen-bond donors (Lipinski definition) is 0. The zero-order valence-corrected chi connectivity index (χ0v) is 21.6. The zero-order valence-electron chi connectivity index (χ0n) is 21.6. The molecule has 0 bridgehead atoms. The van der Waals surface area contributed by atoms with Gasteiger partial charge in [0.05, 0.1) is 47.7 Å². The molecule has 0 N–H and O–H groups in total. The second kappa shape index (κ2) is 10.5. The lowest BCUT2D eigenvalue weighted by Crippen LogP contribution is -2.40. The van der Waals surface area contributed by atoms with Gasteiger partial charge in [0, 0.05) is 13.1 Å². The molecule has 0 aliphatic heterocycles. The average molecular weight is 512 g/mol. The van der Waals surface area contributed by atoms with E-state index in [0.717, 1.165) is 29.0 Å². The van der Waals surface area contributed by atoms with E-state index in [1.165, 1.54) is 11.7 Å². The lowest BCUT2D eigenvalue weighted by Gasteiger charge is -2.16. The molecule has 0 radical (unpaired) electrons. The van der Waals surface area contributed by atoms with E-state index in [-0.39, 0.29) is 18.6 Å². The van der Waals surface area contributed by atoms with Crippen molar-refractivity contribution in [2.24, 2.45) is 0 Å². The Balaban J connectivity index is 1.61. The van der Waals surface area contributed by atoms with Crippen LogP contribution >= 0.6 is 0 Å². The maximum Gasteiger partial charge on any atom is 0.337 e. The average Bonchev–Trinajstić information content (AvgIpc) is 3.29. The van der Waals surface area contributed by atoms with Crippen molar-refractivity contribution < 1.29 is 9.53 Å². The van der Waals surface area contributed by atoms with Crippen LogP contribution in [0.3, 0.4) is 0 Å². The van der Waals surface area contributed by atoms with Crippen molar-refractivity contribution in [2.75, 3.05) is 27.7 Å². The summed E-state index contributed by atoms with van der Waals surface area (Å²) in [5.74, 6) is 0.298. The smallest absolute Gasteiger partial charge is 0.337 e. The Morgan fingerprint density at radius 1 is 0.842 bits per heavy atom. The largest absolute Gasteiger partial charge is 0.465 e. The molecule has 3 aromatic carbocycles. The van der Waals surface area contributed by atoms with Crippen molar-refractivity contribution in [3.05, 3.63) is 111 Å². The van der Waals surface area contributed by atoms with Crippen LogP contribution in [0.25, 0.3) is 21.9 Å². The third kappa shape index (κ3) is 4.76. The van der Waals surface area contributed by atoms with E-state index in [1.807, 2.05) is 44.4 Å². The maximum absolute atomic E-state index is 13.8. The van der Waals surface area contributed by atoms with Crippen LogP contribution in [0.2, 0.25) is 0 Å². The fraction of sp³-hybridized carbons (Fsp3) is 0.241. The molecule has 38 heavy (non-hydrogen) atoms. The molecule has 9 heteroatoms. The van der Waals surface area contributed by atoms with Crippen molar-refractivity contribution >= 4 is 27.9 Å². The van der Waals surface area contributed by atoms with Gasteiger partial charge in [0.25, 0.3) is 5.56 Å². The van der Waals surface area contributed by atoms with E-state index in [1.54, 1.807) is 47.0 Å². The van der Waals surface area contributed by atoms with Gasteiger partial charge >= 0.3 is 11.7 Å². The van der Waals surface area contributed by atoms with Crippen LogP contribution in [0.4, 0.5) is 0 Å². The molecule has 194 valence electrons. The Morgan fingerprint density at radius 2 is 1.53 bits per heavy atom. The number of aromatic nitrogens is 4. The number of carbonyl (C=O) groups is 1. The summed E-state index contributed by atoms with van der Waals surface area (Å²) in [6.07, 6.45) is 0. The Kier molecular flexibility index (Phi) is 6.93. The summed E-state index contributed by atoms with van der Waals surface area (Å²) in [5, 5.41) is 0.453. The number of carbonyl (C=O) groups excluding carboxylic acids is 1. The third-order valence-electron chi connectivity index (χ3n) is 6.65. The van der Waals surface area contributed by atoms with E-state index >= 15 is 0 Å². The van der Waals surface area contributed by atoms with Crippen molar-refractivity contribution in [1.29, 1.82) is 0 Å². The Morgan fingerprint density at radius 3 is 2.24 bits per heavy atom. The van der Waals surface area contributed by atoms with E-state index in [4.69, 9.17) is 9.72 Å². The Labute approximate surface area is 219 Å². The quantitative estimate of drug-likeness (QED) is 0.298. The number of likely N-dealkylation sites (N-methyl/N-ethyl adjacent to an activating group) is 1. The minimum absolute atomic E-state index is 0.0704. The molecule has 9 nitrogen and oxygen atoms in total. The summed E-state index contributed by atoms with van der Waals surface area (Å²) >= 11 is 0. The van der Waals surface area contributed by atoms with Crippen molar-refractivity contribution in [1.82, 2.24) is 23.6 Å². The summed E-state index contributed by atoms with van der Waals surface area (Å²) in [6.45, 7) is 1.80. The molecular weight excluding hydrogens is 482 g/mol. The fourth-order valence-corrected chi connectivity index (χ4v) is 4.65.